The number of nitrogens with two attached hydrogens (primary N) is 1. The first-order chi connectivity index (χ1) is 5.70. The number of aromatic nitrogens is 1. The zero-order valence-corrected chi connectivity index (χ0v) is 6.87. The molecule has 0 atom stereocenters. The van der Waals surface area contributed by atoms with E-state index < -0.39 is 6.03 Å². The molecule has 0 saturated carbocycles. The van der Waals surface area contributed by atoms with Crippen LogP contribution in [0.4, 0.5) is 4.79 Å². The van der Waals surface area contributed by atoms with Gasteiger partial charge in [-0.25, -0.2) is 4.79 Å². The molecule has 0 spiro atoms. The molecule has 0 saturated heterocycles. The van der Waals surface area contributed by atoms with Crippen molar-refractivity contribution in [2.24, 2.45) is 5.73 Å². The van der Waals surface area contributed by atoms with Gasteiger partial charge in [0.2, 0.25) is 0 Å². The van der Waals surface area contributed by atoms with E-state index in [2.05, 4.69) is 10.3 Å². The van der Waals surface area contributed by atoms with Crippen molar-refractivity contribution in [2.45, 2.75) is 13.5 Å². The Morgan fingerprint density at radius 2 is 2.50 bits per heavy atom. The molecule has 2 amide bonds. The van der Waals surface area contributed by atoms with E-state index in [1.165, 1.54) is 0 Å². The van der Waals surface area contributed by atoms with Crippen LogP contribution in [-0.4, -0.2) is 11.0 Å². The summed E-state index contributed by atoms with van der Waals surface area (Å²) in [6, 6.07) is 3.26. The van der Waals surface area contributed by atoms with Gasteiger partial charge in [-0.15, -0.1) is 0 Å². The van der Waals surface area contributed by atoms with Crippen LogP contribution in [0.1, 0.15) is 11.3 Å². The number of nitrogens with zero attached hydrogens (tertiary/aromatic N) is 1. The third-order valence-electron chi connectivity index (χ3n) is 1.55. The van der Waals surface area contributed by atoms with E-state index >= 15 is 0 Å². The topological polar surface area (TPSA) is 68.0 Å². The molecule has 1 aromatic rings. The first-order valence-corrected chi connectivity index (χ1v) is 3.64. The maximum absolute atomic E-state index is 10.4. The molecule has 1 rings (SSSR count). The summed E-state index contributed by atoms with van der Waals surface area (Å²) in [4.78, 5) is 14.4. The monoisotopic (exact) mass is 165 g/mol. The summed E-state index contributed by atoms with van der Waals surface area (Å²) in [6.45, 7) is 2.33. The van der Waals surface area contributed by atoms with Gasteiger partial charge in [0.05, 0.1) is 12.2 Å². The van der Waals surface area contributed by atoms with Crippen molar-refractivity contribution in [3.05, 3.63) is 29.6 Å². The Morgan fingerprint density at radius 1 is 1.75 bits per heavy atom. The molecule has 0 aliphatic rings. The van der Waals surface area contributed by atoms with Crippen molar-refractivity contribution in [1.29, 1.82) is 0 Å². The molecule has 12 heavy (non-hydrogen) atoms. The van der Waals surface area contributed by atoms with Crippen molar-refractivity contribution in [1.82, 2.24) is 10.3 Å². The molecule has 0 unspecified atom stereocenters. The number of amides is 2. The van der Waals surface area contributed by atoms with Crippen molar-refractivity contribution in [3.8, 4) is 0 Å². The summed E-state index contributed by atoms with van der Waals surface area (Å²) in [5.74, 6) is 0. The maximum Gasteiger partial charge on any atom is 0.312 e. The van der Waals surface area contributed by atoms with Crippen LogP contribution < -0.4 is 11.1 Å². The molecule has 0 radical (unpaired) electrons. The second-order valence-corrected chi connectivity index (χ2v) is 2.48. The highest BCUT2D eigenvalue weighted by molar-refractivity contribution is 5.71. The summed E-state index contributed by atoms with van der Waals surface area (Å²) >= 11 is 0. The lowest BCUT2D eigenvalue weighted by Crippen LogP contribution is -2.29. The number of hydrogen-bond acceptors (Lipinski definition) is 2. The first kappa shape index (κ1) is 8.52. The molecule has 0 bridgehead atoms. The number of urea groups is 1. The molecule has 4 heteroatoms. The zero-order valence-electron chi connectivity index (χ0n) is 6.87. The summed E-state index contributed by atoms with van der Waals surface area (Å²) in [7, 11) is 0. The maximum atomic E-state index is 10.4. The lowest BCUT2D eigenvalue weighted by Gasteiger charge is -2.03. The molecular formula is C8H11N3O. The minimum atomic E-state index is -0.528. The van der Waals surface area contributed by atoms with Crippen molar-refractivity contribution < 1.29 is 4.79 Å². The predicted molar refractivity (Wildman–Crippen MR) is 45.4 cm³/mol. The van der Waals surface area contributed by atoms with Crippen LogP contribution in [0.5, 0.6) is 0 Å². The predicted octanol–water partition coefficient (Wildman–Crippen LogP) is 0.558. The zero-order chi connectivity index (χ0) is 8.97. The standard InChI is InChI=1S/C8H11N3O/c1-6-3-2-4-10-7(6)5-11-8(9)12/h2-4H,5H2,1H3,(H3,9,11,12). The number of primary amides is 1. The average Bonchev–Trinajstić information content (AvgIpc) is 2.03. The highest BCUT2D eigenvalue weighted by Gasteiger charge is 1.98. The van der Waals surface area contributed by atoms with Crippen LogP contribution in [0.15, 0.2) is 18.3 Å². The van der Waals surface area contributed by atoms with Crippen molar-refractivity contribution >= 4 is 6.03 Å². The van der Waals surface area contributed by atoms with E-state index in [9.17, 15) is 4.79 Å². The number of carbonyl (C=O) groups excluding carboxylic acids is 1. The minimum absolute atomic E-state index is 0.391. The summed E-state index contributed by atoms with van der Waals surface area (Å²) in [5, 5.41) is 2.48. The van der Waals surface area contributed by atoms with Gasteiger partial charge in [-0.1, -0.05) is 6.07 Å². The Labute approximate surface area is 70.8 Å². The fourth-order valence-electron chi connectivity index (χ4n) is 0.874. The third-order valence-corrected chi connectivity index (χ3v) is 1.55. The largest absolute Gasteiger partial charge is 0.352 e. The number of carbonyl (C=O) groups is 1. The van der Waals surface area contributed by atoms with Gasteiger partial charge in [0.15, 0.2) is 0 Å². The fourth-order valence-corrected chi connectivity index (χ4v) is 0.874. The van der Waals surface area contributed by atoms with E-state index in [-0.39, 0.29) is 0 Å². The molecule has 1 heterocycles. The number of pyridine rings is 1. The highest BCUT2D eigenvalue weighted by atomic mass is 16.2. The second-order valence-electron chi connectivity index (χ2n) is 2.48. The van der Waals surface area contributed by atoms with Gasteiger partial charge in [-0.3, -0.25) is 4.98 Å². The number of nitrogens with one attached hydrogen (secondary N) is 1. The molecule has 0 aromatic carbocycles. The van der Waals surface area contributed by atoms with Gasteiger partial charge < -0.3 is 11.1 Å². The van der Waals surface area contributed by atoms with Crippen LogP contribution in [-0.2, 0) is 6.54 Å². The van der Waals surface area contributed by atoms with E-state index in [0.717, 1.165) is 11.3 Å². The molecule has 0 aliphatic heterocycles. The average molecular weight is 165 g/mol. The van der Waals surface area contributed by atoms with Crippen LogP contribution in [0.3, 0.4) is 0 Å². The summed E-state index contributed by atoms with van der Waals surface area (Å²) in [5.41, 5.74) is 6.80. The first-order valence-electron chi connectivity index (χ1n) is 3.64. The molecule has 4 nitrogen and oxygen atoms in total. The molecule has 64 valence electrons. The Balaban J connectivity index is 2.63. The van der Waals surface area contributed by atoms with E-state index in [1.54, 1.807) is 6.20 Å². The van der Waals surface area contributed by atoms with Crippen molar-refractivity contribution in [2.75, 3.05) is 0 Å². The van der Waals surface area contributed by atoms with Gasteiger partial charge in [0.1, 0.15) is 0 Å². The van der Waals surface area contributed by atoms with Gasteiger partial charge >= 0.3 is 6.03 Å². The highest BCUT2D eigenvalue weighted by Crippen LogP contribution is 2.01. The Hall–Kier alpha value is -1.58. The Kier molecular flexibility index (Phi) is 2.63. The Bertz CT molecular complexity index is 285. The molecule has 3 N–H and O–H groups in total. The minimum Gasteiger partial charge on any atom is -0.352 e. The van der Waals surface area contributed by atoms with Crippen LogP contribution in [0.25, 0.3) is 0 Å². The normalized spacial score (nSPS) is 9.42. The SMILES string of the molecule is Cc1cccnc1CNC(N)=O. The third kappa shape index (κ3) is 2.23. The van der Waals surface area contributed by atoms with E-state index in [1.807, 2.05) is 19.1 Å². The second kappa shape index (κ2) is 3.71. The Morgan fingerprint density at radius 3 is 3.08 bits per heavy atom. The van der Waals surface area contributed by atoms with E-state index in [4.69, 9.17) is 5.73 Å². The lowest BCUT2D eigenvalue weighted by molar-refractivity contribution is 0.248. The molecular weight excluding hydrogens is 154 g/mol. The smallest absolute Gasteiger partial charge is 0.312 e. The molecule has 0 fully saturated rings. The van der Waals surface area contributed by atoms with Gasteiger partial charge in [-0.05, 0) is 18.6 Å². The molecule has 1 aromatic heterocycles. The van der Waals surface area contributed by atoms with Gasteiger partial charge in [-0.2, -0.15) is 0 Å². The fraction of sp³-hybridized carbons (Fsp3) is 0.250. The van der Waals surface area contributed by atoms with Crippen molar-refractivity contribution in [3.63, 3.8) is 0 Å². The summed E-state index contributed by atoms with van der Waals surface area (Å²) in [6.07, 6.45) is 1.69. The number of hydrogen-bond donors (Lipinski definition) is 2. The van der Waals surface area contributed by atoms with Crippen LogP contribution in [0.2, 0.25) is 0 Å². The van der Waals surface area contributed by atoms with Crippen LogP contribution in [0, 0.1) is 6.92 Å². The van der Waals surface area contributed by atoms with Gasteiger partial charge in [0, 0.05) is 6.20 Å². The van der Waals surface area contributed by atoms with Gasteiger partial charge in [0.25, 0.3) is 0 Å². The lowest BCUT2D eigenvalue weighted by atomic mass is 10.2. The van der Waals surface area contributed by atoms with E-state index in [0.29, 0.717) is 6.54 Å². The number of rotatable bonds is 2. The molecule has 0 aliphatic carbocycles. The summed E-state index contributed by atoms with van der Waals surface area (Å²) < 4.78 is 0. The number of aryl methyl sites for hydroxylation is 1. The quantitative estimate of drug-likeness (QED) is 0.672. The van der Waals surface area contributed by atoms with Crippen LogP contribution >= 0.6 is 0 Å².